The van der Waals surface area contributed by atoms with E-state index in [1.165, 1.54) is 30.1 Å². The predicted molar refractivity (Wildman–Crippen MR) is 98.6 cm³/mol. The lowest BCUT2D eigenvalue weighted by molar-refractivity contribution is -0.137. The first kappa shape index (κ1) is 20.5. The molecule has 2 heterocycles. The third-order valence-corrected chi connectivity index (χ3v) is 4.45. The lowest BCUT2D eigenvalue weighted by Crippen LogP contribution is -2.28. The van der Waals surface area contributed by atoms with Crippen LogP contribution in [0.4, 0.5) is 19.1 Å². The number of rotatable bonds is 4. The first-order valence-corrected chi connectivity index (χ1v) is 8.65. The fourth-order valence-electron chi connectivity index (χ4n) is 2.68. The molecule has 0 saturated heterocycles. The number of carbonyl (C=O) groups excluding carboxylic acids is 1. The zero-order chi connectivity index (χ0) is 21.3. The molecule has 0 aliphatic carbocycles. The van der Waals surface area contributed by atoms with Gasteiger partial charge in [0.15, 0.2) is 5.69 Å². The van der Waals surface area contributed by atoms with Crippen molar-refractivity contribution in [2.75, 3.05) is 5.32 Å². The summed E-state index contributed by atoms with van der Waals surface area (Å²) < 4.78 is 42.6. The van der Waals surface area contributed by atoms with Gasteiger partial charge in [0.2, 0.25) is 5.95 Å². The highest BCUT2D eigenvalue weighted by Crippen LogP contribution is 2.38. The molecular weight excluding hydrogens is 413 g/mol. The van der Waals surface area contributed by atoms with Crippen LogP contribution in [0.2, 0.25) is 5.02 Å². The number of nitrogens with zero attached hydrogens (tertiary/aromatic N) is 5. The standard InChI is InChI=1S/C17H14ClF3N6O2/c1-3-27-8-22-24-16(27)23-14(28)13-12(18)11(15(29)26(2)25-13)9-6-4-5-7-10(9)17(19,20)21/h4-8H,3H2,1-2H3,(H,23,24,28). The van der Waals surface area contributed by atoms with Crippen LogP contribution in [0.3, 0.4) is 0 Å². The maximum Gasteiger partial charge on any atom is 0.417 e. The van der Waals surface area contributed by atoms with Crippen molar-refractivity contribution in [3.05, 3.63) is 57.2 Å². The van der Waals surface area contributed by atoms with Crippen LogP contribution >= 0.6 is 11.6 Å². The smallest absolute Gasteiger partial charge is 0.300 e. The number of benzene rings is 1. The Balaban J connectivity index is 2.16. The monoisotopic (exact) mass is 426 g/mol. The molecule has 1 amide bonds. The average Bonchev–Trinajstić information content (AvgIpc) is 3.11. The molecule has 2 aromatic heterocycles. The van der Waals surface area contributed by atoms with Crippen molar-refractivity contribution in [3.8, 4) is 11.1 Å². The Kier molecular flexibility index (Phi) is 5.42. The van der Waals surface area contributed by atoms with Crippen LogP contribution in [0.5, 0.6) is 0 Å². The molecule has 152 valence electrons. The summed E-state index contributed by atoms with van der Waals surface area (Å²) >= 11 is 6.20. The molecule has 0 atom stereocenters. The number of hydrogen-bond donors (Lipinski definition) is 1. The Hall–Kier alpha value is -3.21. The SMILES string of the molecule is CCn1cnnc1NC(=O)c1nn(C)c(=O)c(-c2ccccc2C(F)(F)F)c1Cl. The highest BCUT2D eigenvalue weighted by molar-refractivity contribution is 6.36. The molecule has 3 aromatic rings. The van der Waals surface area contributed by atoms with Gasteiger partial charge in [-0.2, -0.15) is 18.3 Å². The van der Waals surface area contributed by atoms with Crippen LogP contribution in [-0.4, -0.2) is 30.5 Å². The van der Waals surface area contributed by atoms with Crippen LogP contribution in [0, 0.1) is 0 Å². The number of aromatic nitrogens is 5. The van der Waals surface area contributed by atoms with Gasteiger partial charge >= 0.3 is 6.18 Å². The molecule has 0 aliphatic rings. The van der Waals surface area contributed by atoms with Gasteiger partial charge in [0.25, 0.3) is 11.5 Å². The van der Waals surface area contributed by atoms with Gasteiger partial charge < -0.3 is 0 Å². The molecule has 0 aliphatic heterocycles. The van der Waals surface area contributed by atoms with E-state index in [0.29, 0.717) is 6.54 Å². The molecule has 0 unspecified atom stereocenters. The van der Waals surface area contributed by atoms with E-state index in [4.69, 9.17) is 11.6 Å². The number of aryl methyl sites for hydroxylation is 2. The van der Waals surface area contributed by atoms with Crippen molar-refractivity contribution in [2.45, 2.75) is 19.6 Å². The maximum atomic E-state index is 13.4. The van der Waals surface area contributed by atoms with Crippen molar-refractivity contribution >= 4 is 23.5 Å². The lowest BCUT2D eigenvalue weighted by atomic mass is 10.00. The van der Waals surface area contributed by atoms with Gasteiger partial charge in [0, 0.05) is 19.2 Å². The number of nitrogens with one attached hydrogen (secondary N) is 1. The lowest BCUT2D eigenvalue weighted by Gasteiger charge is -2.15. The number of anilines is 1. The van der Waals surface area contributed by atoms with Crippen molar-refractivity contribution < 1.29 is 18.0 Å². The molecule has 1 aromatic carbocycles. The third-order valence-electron chi connectivity index (χ3n) is 4.08. The van der Waals surface area contributed by atoms with E-state index in [9.17, 15) is 22.8 Å². The Morgan fingerprint density at radius 1 is 1.28 bits per heavy atom. The largest absolute Gasteiger partial charge is 0.417 e. The Bertz CT molecular complexity index is 1140. The molecule has 0 bridgehead atoms. The van der Waals surface area contributed by atoms with Crippen LogP contribution < -0.4 is 10.9 Å². The molecule has 12 heteroatoms. The Morgan fingerprint density at radius 3 is 2.62 bits per heavy atom. The Labute approximate surface area is 166 Å². The van der Waals surface area contributed by atoms with Crippen molar-refractivity contribution in [2.24, 2.45) is 7.05 Å². The number of halogens is 4. The molecule has 29 heavy (non-hydrogen) atoms. The summed E-state index contributed by atoms with van der Waals surface area (Å²) in [6.07, 6.45) is -3.34. The van der Waals surface area contributed by atoms with Gasteiger partial charge in [0.1, 0.15) is 6.33 Å². The summed E-state index contributed by atoms with van der Waals surface area (Å²) in [5, 5.41) is 13.2. The van der Waals surface area contributed by atoms with E-state index < -0.39 is 45.0 Å². The topological polar surface area (TPSA) is 94.7 Å². The second kappa shape index (κ2) is 7.66. The molecule has 0 spiro atoms. The number of carbonyl (C=O) groups is 1. The van der Waals surface area contributed by atoms with Crippen LogP contribution in [0.25, 0.3) is 11.1 Å². The molecular formula is C17H14ClF3N6O2. The van der Waals surface area contributed by atoms with E-state index in [2.05, 4.69) is 20.6 Å². The van der Waals surface area contributed by atoms with Crippen molar-refractivity contribution in [1.29, 1.82) is 0 Å². The normalized spacial score (nSPS) is 11.5. The number of amides is 1. The van der Waals surface area contributed by atoms with Crippen LogP contribution in [0.15, 0.2) is 35.4 Å². The second-order valence-corrected chi connectivity index (χ2v) is 6.28. The summed E-state index contributed by atoms with van der Waals surface area (Å²) in [4.78, 5) is 25.2. The van der Waals surface area contributed by atoms with E-state index in [0.717, 1.165) is 16.8 Å². The quantitative estimate of drug-likeness (QED) is 0.692. The second-order valence-electron chi connectivity index (χ2n) is 5.90. The van der Waals surface area contributed by atoms with Crippen LogP contribution in [-0.2, 0) is 19.8 Å². The van der Waals surface area contributed by atoms with Gasteiger partial charge in [-0.3, -0.25) is 19.5 Å². The third kappa shape index (κ3) is 3.86. The van der Waals surface area contributed by atoms with Gasteiger partial charge in [-0.05, 0) is 13.0 Å². The fraction of sp³-hybridized carbons (Fsp3) is 0.235. The number of alkyl halides is 3. The average molecular weight is 427 g/mol. The fourth-order valence-corrected chi connectivity index (χ4v) is 2.99. The summed E-state index contributed by atoms with van der Waals surface area (Å²) in [6.45, 7) is 2.25. The summed E-state index contributed by atoms with van der Waals surface area (Å²) in [5.74, 6) is -0.750. The molecule has 0 saturated carbocycles. The zero-order valence-corrected chi connectivity index (χ0v) is 15.9. The van der Waals surface area contributed by atoms with Gasteiger partial charge in [-0.1, -0.05) is 29.8 Å². The highest BCUT2D eigenvalue weighted by atomic mass is 35.5. The van der Waals surface area contributed by atoms with Gasteiger partial charge in [0.05, 0.1) is 16.1 Å². The molecule has 0 fully saturated rings. The van der Waals surface area contributed by atoms with Crippen LogP contribution in [0.1, 0.15) is 23.0 Å². The van der Waals surface area contributed by atoms with Crippen molar-refractivity contribution in [1.82, 2.24) is 24.5 Å². The van der Waals surface area contributed by atoms with Gasteiger partial charge in [-0.15, -0.1) is 10.2 Å². The molecule has 0 radical (unpaired) electrons. The van der Waals surface area contributed by atoms with E-state index in [-0.39, 0.29) is 5.95 Å². The highest BCUT2D eigenvalue weighted by Gasteiger charge is 2.35. The molecule has 1 N–H and O–H groups in total. The summed E-state index contributed by atoms with van der Waals surface area (Å²) in [7, 11) is 1.21. The summed E-state index contributed by atoms with van der Waals surface area (Å²) in [6, 6.07) is 4.47. The first-order valence-electron chi connectivity index (χ1n) is 8.27. The van der Waals surface area contributed by atoms with Crippen molar-refractivity contribution in [3.63, 3.8) is 0 Å². The maximum absolute atomic E-state index is 13.4. The van der Waals surface area contributed by atoms with E-state index in [1.807, 2.05) is 0 Å². The Morgan fingerprint density at radius 2 is 1.97 bits per heavy atom. The zero-order valence-electron chi connectivity index (χ0n) is 15.2. The molecule has 8 nitrogen and oxygen atoms in total. The minimum absolute atomic E-state index is 0.0986. The summed E-state index contributed by atoms with van der Waals surface area (Å²) in [5.41, 5.74) is -3.27. The minimum Gasteiger partial charge on any atom is -0.300 e. The minimum atomic E-state index is -4.73. The molecule has 3 rings (SSSR count). The predicted octanol–water partition coefficient (Wildman–Crippen LogP) is 2.98. The van der Waals surface area contributed by atoms with Gasteiger partial charge in [-0.25, -0.2) is 4.68 Å². The number of hydrogen-bond acceptors (Lipinski definition) is 5. The first-order chi connectivity index (χ1) is 13.6. The van der Waals surface area contributed by atoms with E-state index in [1.54, 1.807) is 6.92 Å². The van der Waals surface area contributed by atoms with E-state index >= 15 is 0 Å².